The van der Waals surface area contributed by atoms with E-state index in [1.165, 1.54) is 5.56 Å². The van der Waals surface area contributed by atoms with E-state index in [4.69, 9.17) is 5.41 Å². The zero-order valence-electron chi connectivity index (χ0n) is 10.4. The van der Waals surface area contributed by atoms with E-state index in [0.29, 0.717) is 11.9 Å². The van der Waals surface area contributed by atoms with Crippen LogP contribution in [-0.2, 0) is 0 Å². The summed E-state index contributed by atoms with van der Waals surface area (Å²) in [6.45, 7) is 2.09. The second-order valence-electron chi connectivity index (χ2n) is 5.13. The van der Waals surface area contributed by atoms with Crippen molar-refractivity contribution in [3.05, 3.63) is 35.9 Å². The maximum absolute atomic E-state index is 11.9. The van der Waals surface area contributed by atoms with E-state index in [-0.39, 0.29) is 18.0 Å². The Morgan fingerprint density at radius 3 is 2.61 bits per heavy atom. The van der Waals surface area contributed by atoms with Crippen LogP contribution < -0.4 is 5.32 Å². The van der Waals surface area contributed by atoms with E-state index in [0.717, 1.165) is 12.8 Å². The molecule has 18 heavy (non-hydrogen) atoms. The minimum absolute atomic E-state index is 0.102. The fourth-order valence-corrected chi connectivity index (χ4v) is 2.69. The predicted octanol–water partition coefficient (Wildman–Crippen LogP) is 2.32. The molecule has 3 rings (SSSR count). The van der Waals surface area contributed by atoms with Crippen LogP contribution in [0, 0.1) is 5.41 Å². The minimum atomic E-state index is -0.132. The Morgan fingerprint density at radius 1 is 1.33 bits per heavy atom. The number of nitrogens with one attached hydrogen (secondary N) is 2. The van der Waals surface area contributed by atoms with Crippen molar-refractivity contribution in [1.29, 1.82) is 5.41 Å². The number of hydrogen-bond acceptors (Lipinski definition) is 2. The molecule has 2 atom stereocenters. The molecule has 0 radical (unpaired) electrons. The van der Waals surface area contributed by atoms with Gasteiger partial charge in [0.2, 0.25) is 0 Å². The summed E-state index contributed by atoms with van der Waals surface area (Å²) >= 11 is 0. The number of urea groups is 1. The van der Waals surface area contributed by atoms with Gasteiger partial charge in [0.25, 0.3) is 0 Å². The predicted molar refractivity (Wildman–Crippen MR) is 69.8 cm³/mol. The van der Waals surface area contributed by atoms with E-state index < -0.39 is 0 Å². The molecule has 2 unspecified atom stereocenters. The number of amides is 2. The normalized spacial score (nSPS) is 25.2. The van der Waals surface area contributed by atoms with Crippen LogP contribution in [0.1, 0.15) is 31.2 Å². The first-order valence-electron chi connectivity index (χ1n) is 6.41. The number of hydrogen-bond donors (Lipinski definition) is 2. The molecule has 1 aliphatic heterocycles. The summed E-state index contributed by atoms with van der Waals surface area (Å²) in [5, 5.41) is 10.7. The smallest absolute Gasteiger partial charge is 0.311 e. The summed E-state index contributed by atoms with van der Waals surface area (Å²) in [4.78, 5) is 13.7. The first-order chi connectivity index (χ1) is 8.68. The highest BCUT2D eigenvalue weighted by atomic mass is 16.2. The number of nitrogens with zero attached hydrogens (tertiary/aromatic N) is 1. The first-order valence-corrected chi connectivity index (χ1v) is 6.41. The Balaban J connectivity index is 1.89. The van der Waals surface area contributed by atoms with Crippen LogP contribution in [0.4, 0.5) is 4.79 Å². The van der Waals surface area contributed by atoms with Crippen molar-refractivity contribution in [1.82, 2.24) is 10.2 Å². The number of carbonyl (C=O) groups is 1. The third-order valence-corrected chi connectivity index (χ3v) is 3.81. The molecule has 1 saturated heterocycles. The molecule has 94 valence electrons. The average Bonchev–Trinajstić information content (AvgIpc) is 3.15. The lowest BCUT2D eigenvalue weighted by atomic mass is 9.92. The van der Waals surface area contributed by atoms with Gasteiger partial charge in [-0.15, -0.1) is 0 Å². The van der Waals surface area contributed by atoms with Crippen molar-refractivity contribution in [3.8, 4) is 0 Å². The number of rotatable bonds is 3. The van der Waals surface area contributed by atoms with E-state index >= 15 is 0 Å². The summed E-state index contributed by atoms with van der Waals surface area (Å²) in [6, 6.07) is 10.2. The molecule has 4 nitrogen and oxygen atoms in total. The van der Waals surface area contributed by atoms with Crippen molar-refractivity contribution < 1.29 is 4.79 Å². The van der Waals surface area contributed by atoms with Gasteiger partial charge in [0.1, 0.15) is 5.84 Å². The lowest BCUT2D eigenvalue weighted by Crippen LogP contribution is -2.40. The van der Waals surface area contributed by atoms with Gasteiger partial charge in [-0.3, -0.25) is 10.7 Å². The van der Waals surface area contributed by atoms with Crippen molar-refractivity contribution >= 4 is 11.9 Å². The molecule has 1 saturated carbocycles. The molecule has 1 aliphatic carbocycles. The van der Waals surface area contributed by atoms with Crippen LogP contribution in [0.15, 0.2) is 30.3 Å². The van der Waals surface area contributed by atoms with Gasteiger partial charge in [0.05, 0.1) is 6.04 Å². The molecule has 1 heterocycles. The topological polar surface area (TPSA) is 56.2 Å². The van der Waals surface area contributed by atoms with Gasteiger partial charge in [-0.25, -0.2) is 4.79 Å². The molecule has 1 aromatic carbocycles. The molecule has 0 spiro atoms. The molecule has 0 aromatic heterocycles. The number of benzene rings is 1. The zero-order valence-corrected chi connectivity index (χ0v) is 10.4. The summed E-state index contributed by atoms with van der Waals surface area (Å²) in [5.41, 5.74) is 1.18. The third kappa shape index (κ3) is 1.78. The van der Waals surface area contributed by atoms with Crippen LogP contribution in [0.3, 0.4) is 0 Å². The second-order valence-corrected chi connectivity index (χ2v) is 5.13. The Morgan fingerprint density at radius 2 is 2.00 bits per heavy atom. The van der Waals surface area contributed by atoms with Gasteiger partial charge in [0, 0.05) is 12.0 Å². The Bertz CT molecular complexity index is 481. The largest absolute Gasteiger partial charge is 0.323 e. The first kappa shape index (κ1) is 11.3. The molecule has 0 bridgehead atoms. The SMILES string of the molecule is CC(c1ccccc1)C1C(=N)NC(=O)N1C1CC1. The molecular formula is C14H17N3O. The molecule has 2 aliphatic rings. The van der Waals surface area contributed by atoms with Gasteiger partial charge < -0.3 is 4.90 Å². The third-order valence-electron chi connectivity index (χ3n) is 3.81. The lowest BCUT2D eigenvalue weighted by molar-refractivity contribution is 0.197. The number of amidine groups is 1. The molecular weight excluding hydrogens is 226 g/mol. The zero-order chi connectivity index (χ0) is 12.7. The van der Waals surface area contributed by atoms with Gasteiger partial charge in [-0.2, -0.15) is 0 Å². The lowest BCUT2D eigenvalue weighted by Gasteiger charge is -2.28. The quantitative estimate of drug-likeness (QED) is 0.841. The van der Waals surface area contributed by atoms with Crippen LogP contribution in [0.2, 0.25) is 0 Å². The Kier molecular flexibility index (Phi) is 2.58. The summed E-state index contributed by atoms with van der Waals surface area (Å²) < 4.78 is 0. The Hall–Kier alpha value is -1.84. The highest BCUT2D eigenvalue weighted by molar-refractivity contribution is 6.06. The minimum Gasteiger partial charge on any atom is -0.311 e. The highest BCUT2D eigenvalue weighted by Crippen LogP contribution is 2.35. The number of carbonyl (C=O) groups excluding carboxylic acids is 1. The summed E-state index contributed by atoms with van der Waals surface area (Å²) in [6.07, 6.45) is 2.14. The van der Waals surface area contributed by atoms with Crippen molar-refractivity contribution in [2.24, 2.45) is 0 Å². The molecule has 2 N–H and O–H groups in total. The maximum Gasteiger partial charge on any atom is 0.323 e. The molecule has 1 aromatic rings. The molecule has 4 heteroatoms. The van der Waals surface area contributed by atoms with Crippen LogP contribution >= 0.6 is 0 Å². The van der Waals surface area contributed by atoms with Crippen LogP contribution in [-0.4, -0.2) is 28.9 Å². The highest BCUT2D eigenvalue weighted by Gasteiger charge is 2.46. The maximum atomic E-state index is 11.9. The van der Waals surface area contributed by atoms with E-state index in [1.807, 2.05) is 23.1 Å². The van der Waals surface area contributed by atoms with Gasteiger partial charge in [-0.05, 0) is 18.4 Å². The van der Waals surface area contributed by atoms with Gasteiger partial charge in [0.15, 0.2) is 0 Å². The molecule has 2 fully saturated rings. The van der Waals surface area contributed by atoms with Crippen molar-refractivity contribution in [2.75, 3.05) is 0 Å². The van der Waals surface area contributed by atoms with Crippen molar-refractivity contribution in [3.63, 3.8) is 0 Å². The van der Waals surface area contributed by atoms with Crippen molar-refractivity contribution in [2.45, 2.75) is 37.8 Å². The van der Waals surface area contributed by atoms with E-state index in [1.54, 1.807) is 0 Å². The van der Waals surface area contributed by atoms with Gasteiger partial charge >= 0.3 is 6.03 Å². The summed E-state index contributed by atoms with van der Waals surface area (Å²) in [5.74, 6) is 0.488. The average molecular weight is 243 g/mol. The molecule has 2 amide bonds. The monoisotopic (exact) mass is 243 g/mol. The standard InChI is InChI=1S/C14H17N3O/c1-9(10-5-3-2-4-6-10)12-13(15)16-14(18)17(12)11-7-8-11/h2-6,9,11-12H,7-8H2,1H3,(H2,15,16,18). The fourth-order valence-electron chi connectivity index (χ4n) is 2.69. The van der Waals surface area contributed by atoms with E-state index in [9.17, 15) is 4.79 Å². The van der Waals surface area contributed by atoms with Gasteiger partial charge in [-0.1, -0.05) is 37.3 Å². The van der Waals surface area contributed by atoms with E-state index in [2.05, 4.69) is 24.4 Å². The fraction of sp³-hybridized carbons (Fsp3) is 0.429. The Labute approximate surface area is 106 Å². The van der Waals surface area contributed by atoms with Crippen LogP contribution in [0.25, 0.3) is 0 Å². The van der Waals surface area contributed by atoms with Crippen LogP contribution in [0.5, 0.6) is 0 Å². The summed E-state index contributed by atoms with van der Waals surface area (Å²) in [7, 11) is 0. The second kappa shape index (κ2) is 4.12.